The molecule has 4 rings (SSSR count). The highest BCUT2D eigenvalue weighted by Gasteiger charge is 2.15. The minimum absolute atomic E-state index is 0.253. The van der Waals surface area contributed by atoms with Crippen LogP contribution in [0.3, 0.4) is 0 Å². The maximum Gasteiger partial charge on any atom is 0.295 e. The smallest absolute Gasteiger partial charge is 0.295 e. The third-order valence-electron chi connectivity index (χ3n) is 3.98. The fourth-order valence-corrected chi connectivity index (χ4v) is 2.78. The zero-order valence-corrected chi connectivity index (χ0v) is 13.0. The fourth-order valence-electron chi connectivity index (χ4n) is 2.78. The summed E-state index contributed by atoms with van der Waals surface area (Å²) < 4.78 is 0. The number of aromatic nitrogens is 4. The summed E-state index contributed by atoms with van der Waals surface area (Å²) in [6.07, 6.45) is 3.33. The van der Waals surface area contributed by atoms with Crippen LogP contribution in [0, 0.1) is 5.21 Å². The maximum absolute atomic E-state index is 12.2. The van der Waals surface area contributed by atoms with E-state index in [-0.39, 0.29) is 5.95 Å². The molecule has 1 aromatic carbocycles. The number of benzene rings is 1. The summed E-state index contributed by atoms with van der Waals surface area (Å²) in [5.41, 5.74) is 2.86. The van der Waals surface area contributed by atoms with Gasteiger partial charge in [0.15, 0.2) is 0 Å². The highest BCUT2D eigenvalue weighted by molar-refractivity contribution is 5.77. The van der Waals surface area contributed by atoms with E-state index in [4.69, 9.17) is 0 Å². The number of rotatable bonds is 3. The van der Waals surface area contributed by atoms with Gasteiger partial charge in [0.25, 0.3) is 11.5 Å². The molecule has 0 saturated carbocycles. The predicted octanol–water partition coefficient (Wildman–Crippen LogP) is 0.811. The number of piperazine rings is 1. The van der Waals surface area contributed by atoms with Gasteiger partial charge in [0.2, 0.25) is 0 Å². The van der Waals surface area contributed by atoms with Gasteiger partial charge in [-0.2, -0.15) is 0 Å². The molecule has 0 bridgehead atoms. The summed E-state index contributed by atoms with van der Waals surface area (Å²) in [5.74, 6) is 0.253. The molecule has 8 heteroatoms. The van der Waals surface area contributed by atoms with Crippen LogP contribution in [-0.4, -0.2) is 41.2 Å². The lowest BCUT2D eigenvalue weighted by Gasteiger charge is -2.29. The highest BCUT2D eigenvalue weighted by atomic mass is 16.5. The second-order valence-corrected chi connectivity index (χ2v) is 5.59. The van der Waals surface area contributed by atoms with Gasteiger partial charge < -0.3 is 20.7 Å². The number of hydrogen-bond acceptors (Lipinski definition) is 7. The van der Waals surface area contributed by atoms with Crippen molar-refractivity contribution in [3.05, 3.63) is 47.9 Å². The average Bonchev–Trinajstić information content (AvgIpc) is 2.63. The standard InChI is InChI=1S/C16H17N7O/c24-23-15-4-3-13(22-8-6-17-7-9-22)10-14(15)20-16(21-23)19-12-2-1-5-18-11-12/h1-5,10-11,17H,6-9H2,(H,19,20,21). The number of pyridine rings is 1. The average molecular weight is 323 g/mol. The Bertz CT molecular complexity index is 850. The van der Waals surface area contributed by atoms with Crippen molar-refractivity contribution in [1.29, 1.82) is 0 Å². The molecule has 1 saturated heterocycles. The van der Waals surface area contributed by atoms with E-state index in [2.05, 4.69) is 30.6 Å². The Hall–Kier alpha value is -3.00. The lowest BCUT2D eigenvalue weighted by atomic mass is 10.2. The molecule has 3 aromatic rings. The second kappa shape index (κ2) is 6.25. The topological polar surface area (TPSA) is 92.9 Å². The van der Waals surface area contributed by atoms with Crippen LogP contribution < -0.4 is 20.4 Å². The van der Waals surface area contributed by atoms with E-state index in [1.807, 2.05) is 18.2 Å². The molecule has 1 fully saturated rings. The van der Waals surface area contributed by atoms with Crippen LogP contribution in [0.2, 0.25) is 0 Å². The molecule has 1 aliphatic heterocycles. The van der Waals surface area contributed by atoms with Crippen molar-refractivity contribution in [1.82, 2.24) is 20.4 Å². The number of nitrogens with one attached hydrogen (secondary N) is 2. The van der Waals surface area contributed by atoms with Gasteiger partial charge in [0.1, 0.15) is 5.52 Å². The minimum Gasteiger partial charge on any atom is -0.594 e. The second-order valence-electron chi connectivity index (χ2n) is 5.59. The summed E-state index contributed by atoms with van der Waals surface area (Å²) in [5, 5.41) is 22.4. The molecule has 2 aromatic heterocycles. The van der Waals surface area contributed by atoms with Crippen LogP contribution in [-0.2, 0) is 0 Å². The lowest BCUT2D eigenvalue weighted by Crippen LogP contribution is -2.43. The molecule has 0 spiro atoms. The van der Waals surface area contributed by atoms with E-state index < -0.39 is 0 Å². The van der Waals surface area contributed by atoms with E-state index in [0.717, 1.165) is 37.6 Å². The van der Waals surface area contributed by atoms with Gasteiger partial charge in [-0.1, -0.05) is 0 Å². The van der Waals surface area contributed by atoms with Crippen molar-refractivity contribution in [3.8, 4) is 0 Å². The fraction of sp³-hybridized carbons (Fsp3) is 0.250. The Balaban J connectivity index is 1.69. The molecule has 1 aliphatic rings. The summed E-state index contributed by atoms with van der Waals surface area (Å²) in [4.78, 5) is 11.4. The first-order valence-corrected chi connectivity index (χ1v) is 7.84. The molecule has 2 N–H and O–H groups in total. The van der Waals surface area contributed by atoms with Crippen molar-refractivity contribution in [3.63, 3.8) is 0 Å². The molecular formula is C16H17N7O. The van der Waals surface area contributed by atoms with Gasteiger partial charge in [-0.25, -0.2) is 4.98 Å². The lowest BCUT2D eigenvalue weighted by molar-refractivity contribution is -0.641. The van der Waals surface area contributed by atoms with Crippen molar-refractivity contribution in [2.45, 2.75) is 0 Å². The molecule has 0 radical (unpaired) electrons. The zero-order valence-electron chi connectivity index (χ0n) is 13.0. The monoisotopic (exact) mass is 323 g/mol. The zero-order chi connectivity index (χ0) is 16.4. The third kappa shape index (κ3) is 2.91. The van der Waals surface area contributed by atoms with Crippen LogP contribution >= 0.6 is 0 Å². The van der Waals surface area contributed by atoms with Gasteiger partial charge in [0, 0.05) is 44.1 Å². The summed E-state index contributed by atoms with van der Waals surface area (Å²) >= 11 is 0. The molecule has 0 unspecified atom stereocenters. The molecule has 3 heterocycles. The normalized spacial score (nSPS) is 14.8. The Kier molecular flexibility index (Phi) is 3.80. The van der Waals surface area contributed by atoms with E-state index in [1.165, 1.54) is 0 Å². The Morgan fingerprint density at radius 3 is 2.88 bits per heavy atom. The highest BCUT2D eigenvalue weighted by Crippen LogP contribution is 2.20. The van der Waals surface area contributed by atoms with Crippen molar-refractivity contribution >= 4 is 28.4 Å². The SMILES string of the molecule is [O-][n+]1nc(Nc2cccnc2)nc2cc(N3CCNCC3)ccc21. The Morgan fingerprint density at radius 2 is 2.08 bits per heavy atom. The Labute approximate surface area is 138 Å². The largest absolute Gasteiger partial charge is 0.594 e. The van der Waals surface area contributed by atoms with E-state index >= 15 is 0 Å². The van der Waals surface area contributed by atoms with Crippen LogP contribution in [0.4, 0.5) is 17.3 Å². The molecule has 0 aliphatic carbocycles. The van der Waals surface area contributed by atoms with Crippen molar-refractivity contribution in [2.24, 2.45) is 0 Å². The molecule has 0 atom stereocenters. The van der Waals surface area contributed by atoms with Gasteiger partial charge in [0.05, 0.1) is 17.0 Å². The number of anilines is 3. The van der Waals surface area contributed by atoms with Gasteiger partial charge in [-0.15, -0.1) is 0 Å². The predicted molar refractivity (Wildman–Crippen MR) is 91.1 cm³/mol. The van der Waals surface area contributed by atoms with E-state index in [0.29, 0.717) is 15.9 Å². The van der Waals surface area contributed by atoms with Crippen LogP contribution in [0.5, 0.6) is 0 Å². The first-order chi connectivity index (χ1) is 11.8. The van der Waals surface area contributed by atoms with Crippen molar-refractivity contribution in [2.75, 3.05) is 36.4 Å². The van der Waals surface area contributed by atoms with Crippen molar-refractivity contribution < 1.29 is 4.85 Å². The van der Waals surface area contributed by atoms with Gasteiger partial charge in [-0.05, 0) is 29.1 Å². The quantitative estimate of drug-likeness (QED) is 0.544. The number of hydrogen-bond donors (Lipinski definition) is 2. The summed E-state index contributed by atoms with van der Waals surface area (Å²) in [6.45, 7) is 3.79. The number of nitrogens with zero attached hydrogens (tertiary/aromatic N) is 5. The molecule has 8 nitrogen and oxygen atoms in total. The van der Waals surface area contributed by atoms with Gasteiger partial charge >= 0.3 is 0 Å². The van der Waals surface area contributed by atoms with Gasteiger partial charge in [-0.3, -0.25) is 4.98 Å². The van der Waals surface area contributed by atoms with E-state index in [1.54, 1.807) is 24.5 Å². The number of fused-ring (bicyclic) bond motifs is 1. The van der Waals surface area contributed by atoms with E-state index in [9.17, 15) is 5.21 Å². The summed E-state index contributed by atoms with van der Waals surface area (Å²) in [7, 11) is 0. The minimum atomic E-state index is 0.253. The molecule has 24 heavy (non-hydrogen) atoms. The molecule has 122 valence electrons. The van der Waals surface area contributed by atoms with Crippen LogP contribution in [0.15, 0.2) is 42.7 Å². The summed E-state index contributed by atoms with van der Waals surface area (Å²) in [6, 6.07) is 9.29. The molecular weight excluding hydrogens is 306 g/mol. The maximum atomic E-state index is 12.2. The van der Waals surface area contributed by atoms with Crippen LogP contribution in [0.1, 0.15) is 0 Å². The first kappa shape index (κ1) is 14.6. The first-order valence-electron chi connectivity index (χ1n) is 7.84. The van der Waals surface area contributed by atoms with Crippen LogP contribution in [0.25, 0.3) is 11.0 Å². The molecule has 0 amide bonds. The Morgan fingerprint density at radius 1 is 1.21 bits per heavy atom. The third-order valence-corrected chi connectivity index (χ3v) is 3.98.